The van der Waals surface area contributed by atoms with Gasteiger partial charge in [-0.15, -0.1) is 11.3 Å². The molecule has 0 aliphatic rings. The van der Waals surface area contributed by atoms with Gasteiger partial charge >= 0.3 is 0 Å². The molecule has 0 aromatic carbocycles. The summed E-state index contributed by atoms with van der Waals surface area (Å²) in [5.74, 6) is 0.643. The summed E-state index contributed by atoms with van der Waals surface area (Å²) >= 11 is 1.58. The van der Waals surface area contributed by atoms with Crippen LogP contribution in [0, 0.1) is 11.3 Å². The van der Waals surface area contributed by atoms with E-state index in [1.54, 1.807) is 17.5 Å². The first kappa shape index (κ1) is 9.55. The molecule has 6 heteroatoms. The van der Waals surface area contributed by atoms with Gasteiger partial charge in [0, 0.05) is 11.6 Å². The minimum absolute atomic E-state index is 0.315. The molecule has 0 amide bonds. The number of aromatic nitrogens is 3. The molecule has 2 aromatic rings. The van der Waals surface area contributed by atoms with Crippen molar-refractivity contribution >= 4 is 17.2 Å². The van der Waals surface area contributed by atoms with E-state index in [1.165, 1.54) is 12.4 Å². The van der Waals surface area contributed by atoms with Gasteiger partial charge in [-0.2, -0.15) is 5.26 Å². The van der Waals surface area contributed by atoms with Crippen LogP contribution in [0.2, 0.25) is 0 Å². The lowest BCUT2D eigenvalue weighted by molar-refractivity contribution is 1.06. The van der Waals surface area contributed by atoms with Crippen molar-refractivity contribution in [2.75, 3.05) is 5.32 Å². The second-order valence-electron chi connectivity index (χ2n) is 2.68. The summed E-state index contributed by atoms with van der Waals surface area (Å²) in [5.41, 5.74) is 0.315. The molecule has 0 aliphatic carbocycles. The predicted molar refractivity (Wildman–Crippen MR) is 56.2 cm³/mol. The van der Waals surface area contributed by atoms with Crippen molar-refractivity contribution in [3.05, 3.63) is 34.7 Å². The van der Waals surface area contributed by atoms with Crippen molar-refractivity contribution in [2.24, 2.45) is 0 Å². The van der Waals surface area contributed by atoms with Crippen molar-refractivity contribution in [3.8, 4) is 6.07 Å². The summed E-state index contributed by atoms with van der Waals surface area (Å²) in [7, 11) is 0. The van der Waals surface area contributed by atoms with Crippen LogP contribution in [-0.4, -0.2) is 15.0 Å². The number of nitrogens with one attached hydrogen (secondary N) is 1. The Labute approximate surface area is 90.5 Å². The van der Waals surface area contributed by atoms with Gasteiger partial charge in [-0.1, -0.05) is 0 Å². The van der Waals surface area contributed by atoms with Gasteiger partial charge in [0.05, 0.1) is 18.9 Å². The molecule has 0 saturated heterocycles. The molecular weight excluding hydrogens is 210 g/mol. The molecule has 5 nitrogen and oxygen atoms in total. The summed E-state index contributed by atoms with van der Waals surface area (Å²) in [5, 5.41) is 14.5. The Morgan fingerprint density at radius 2 is 2.27 bits per heavy atom. The summed E-state index contributed by atoms with van der Waals surface area (Å²) in [6.07, 6.45) is 4.72. The fourth-order valence-corrected chi connectivity index (χ4v) is 1.54. The molecule has 0 atom stereocenters. The topological polar surface area (TPSA) is 74.5 Å². The van der Waals surface area contributed by atoms with E-state index in [4.69, 9.17) is 5.26 Å². The average molecular weight is 217 g/mol. The smallest absolute Gasteiger partial charge is 0.158 e. The molecule has 2 rings (SSSR count). The molecule has 0 unspecified atom stereocenters. The summed E-state index contributed by atoms with van der Waals surface area (Å²) in [4.78, 5) is 12.0. The third-order valence-corrected chi connectivity index (χ3v) is 2.45. The maximum atomic E-state index is 8.53. The molecule has 0 fully saturated rings. The highest BCUT2D eigenvalue weighted by atomic mass is 32.1. The largest absolute Gasteiger partial charge is 0.362 e. The van der Waals surface area contributed by atoms with Crippen molar-refractivity contribution in [1.82, 2.24) is 15.0 Å². The molecule has 0 aliphatic heterocycles. The number of nitrogens with zero attached hydrogens (tertiary/aromatic N) is 4. The molecule has 1 N–H and O–H groups in total. The van der Waals surface area contributed by atoms with Crippen LogP contribution >= 0.6 is 11.3 Å². The molecule has 0 bridgehead atoms. The minimum atomic E-state index is 0.315. The molecular formula is C9H7N5S. The Bertz CT molecular complexity index is 456. The van der Waals surface area contributed by atoms with Crippen LogP contribution in [-0.2, 0) is 6.54 Å². The normalized spacial score (nSPS) is 9.53. The zero-order chi connectivity index (χ0) is 10.5. The van der Waals surface area contributed by atoms with Crippen molar-refractivity contribution in [1.29, 1.82) is 5.26 Å². The average Bonchev–Trinajstić information content (AvgIpc) is 2.80. The third kappa shape index (κ3) is 2.48. The van der Waals surface area contributed by atoms with Gasteiger partial charge < -0.3 is 5.32 Å². The fourth-order valence-electron chi connectivity index (χ4n) is 0.984. The van der Waals surface area contributed by atoms with Gasteiger partial charge in [0.15, 0.2) is 5.69 Å². The number of rotatable bonds is 3. The lowest BCUT2D eigenvalue weighted by atomic mass is 10.5. The first-order chi connectivity index (χ1) is 7.38. The van der Waals surface area contributed by atoms with E-state index in [0.29, 0.717) is 18.1 Å². The molecule has 74 valence electrons. The van der Waals surface area contributed by atoms with E-state index in [1.807, 2.05) is 11.4 Å². The van der Waals surface area contributed by atoms with E-state index in [0.717, 1.165) is 5.01 Å². The van der Waals surface area contributed by atoms with Crippen LogP contribution in [0.3, 0.4) is 0 Å². The standard InChI is InChI=1S/C9H7N5S/c10-3-7-4-13-8(5-12-7)14-6-9-11-1-2-15-9/h1-2,4-5H,6H2,(H,13,14). The van der Waals surface area contributed by atoms with Crippen LogP contribution in [0.1, 0.15) is 10.7 Å². The quantitative estimate of drug-likeness (QED) is 0.841. The van der Waals surface area contributed by atoms with Gasteiger partial charge in [-0.05, 0) is 0 Å². The minimum Gasteiger partial charge on any atom is -0.362 e. The predicted octanol–water partition coefficient (Wildman–Crippen LogP) is 1.42. The van der Waals surface area contributed by atoms with E-state index in [9.17, 15) is 0 Å². The van der Waals surface area contributed by atoms with E-state index in [-0.39, 0.29) is 0 Å². The lowest BCUT2D eigenvalue weighted by Gasteiger charge is -2.01. The van der Waals surface area contributed by atoms with Gasteiger partial charge in [0.25, 0.3) is 0 Å². The van der Waals surface area contributed by atoms with E-state index >= 15 is 0 Å². The van der Waals surface area contributed by atoms with Crippen molar-refractivity contribution in [3.63, 3.8) is 0 Å². The Morgan fingerprint density at radius 3 is 2.87 bits per heavy atom. The number of hydrogen-bond acceptors (Lipinski definition) is 6. The molecule has 2 heterocycles. The zero-order valence-electron chi connectivity index (χ0n) is 7.71. The fraction of sp³-hybridized carbons (Fsp3) is 0.111. The lowest BCUT2D eigenvalue weighted by Crippen LogP contribution is -2.01. The van der Waals surface area contributed by atoms with Crippen LogP contribution < -0.4 is 5.32 Å². The second-order valence-corrected chi connectivity index (χ2v) is 3.66. The summed E-state index contributed by atoms with van der Waals surface area (Å²) < 4.78 is 0. The highest BCUT2D eigenvalue weighted by Crippen LogP contribution is 2.07. The van der Waals surface area contributed by atoms with Crippen molar-refractivity contribution in [2.45, 2.75) is 6.54 Å². The highest BCUT2D eigenvalue weighted by molar-refractivity contribution is 7.09. The van der Waals surface area contributed by atoms with E-state index < -0.39 is 0 Å². The van der Waals surface area contributed by atoms with Gasteiger partial charge in [0.2, 0.25) is 0 Å². The first-order valence-corrected chi connectivity index (χ1v) is 5.11. The Kier molecular flexibility index (Phi) is 2.85. The van der Waals surface area contributed by atoms with Gasteiger partial charge in [-0.3, -0.25) is 0 Å². The molecule has 0 spiro atoms. The Morgan fingerprint density at radius 1 is 1.33 bits per heavy atom. The first-order valence-electron chi connectivity index (χ1n) is 4.23. The van der Waals surface area contributed by atoms with Crippen LogP contribution in [0.15, 0.2) is 24.0 Å². The number of anilines is 1. The summed E-state index contributed by atoms with van der Waals surface area (Å²) in [6, 6.07) is 1.91. The van der Waals surface area contributed by atoms with Crippen LogP contribution in [0.4, 0.5) is 5.82 Å². The van der Waals surface area contributed by atoms with Crippen molar-refractivity contribution < 1.29 is 0 Å². The molecule has 0 radical (unpaired) electrons. The zero-order valence-corrected chi connectivity index (χ0v) is 8.53. The third-order valence-electron chi connectivity index (χ3n) is 1.67. The molecule has 15 heavy (non-hydrogen) atoms. The number of hydrogen-bond donors (Lipinski definition) is 1. The second kappa shape index (κ2) is 4.48. The number of thiazole rings is 1. The summed E-state index contributed by atoms with van der Waals surface area (Å²) in [6.45, 7) is 0.623. The van der Waals surface area contributed by atoms with Crippen LogP contribution in [0.5, 0.6) is 0 Å². The Balaban J connectivity index is 1.97. The van der Waals surface area contributed by atoms with Gasteiger partial charge in [-0.25, -0.2) is 15.0 Å². The van der Waals surface area contributed by atoms with E-state index in [2.05, 4.69) is 20.3 Å². The maximum absolute atomic E-state index is 8.53. The molecule has 2 aromatic heterocycles. The Hall–Kier alpha value is -2.00. The highest BCUT2D eigenvalue weighted by Gasteiger charge is 1.98. The van der Waals surface area contributed by atoms with Crippen LogP contribution in [0.25, 0.3) is 0 Å². The molecule has 0 saturated carbocycles. The maximum Gasteiger partial charge on any atom is 0.158 e. The van der Waals surface area contributed by atoms with Gasteiger partial charge in [0.1, 0.15) is 16.9 Å². The SMILES string of the molecule is N#Cc1cnc(NCc2nccs2)cn1. The number of nitriles is 1. The monoisotopic (exact) mass is 217 g/mol.